The number of terminal acetylenes is 1. The lowest BCUT2D eigenvalue weighted by Crippen LogP contribution is -2.27. The van der Waals surface area contributed by atoms with Crippen LogP contribution in [0.3, 0.4) is 0 Å². The number of likely N-dealkylation sites (N-methyl/N-ethyl adjacent to an activating group) is 1. The van der Waals surface area contributed by atoms with E-state index in [4.69, 9.17) is 11.2 Å². The molecule has 1 aromatic rings. The molecule has 0 spiro atoms. The second-order valence-corrected chi connectivity index (χ2v) is 11.2. The van der Waals surface area contributed by atoms with Gasteiger partial charge >= 0.3 is 0 Å². The number of carbonyl (C=O) groups excluding carboxylic acids is 1. The Morgan fingerprint density at radius 1 is 1.02 bits per heavy atom. The Bertz CT molecular complexity index is 1060. The molecule has 0 aliphatic rings. The number of hydrogen-bond donors (Lipinski definition) is 1. The van der Waals surface area contributed by atoms with Crippen molar-refractivity contribution in [2.75, 3.05) is 26.3 Å². The number of nitrogens with zero attached hydrogens (tertiary/aromatic N) is 1. The van der Waals surface area contributed by atoms with Crippen molar-refractivity contribution >= 4 is 5.91 Å². The van der Waals surface area contributed by atoms with Gasteiger partial charge in [-0.3, -0.25) is 4.79 Å². The molecule has 4 nitrogen and oxygen atoms in total. The van der Waals surface area contributed by atoms with Crippen molar-refractivity contribution < 1.29 is 9.53 Å². The fourth-order valence-electron chi connectivity index (χ4n) is 4.88. The van der Waals surface area contributed by atoms with Crippen LogP contribution in [0.1, 0.15) is 115 Å². The zero-order valence-corrected chi connectivity index (χ0v) is 27.6. The molecule has 0 fully saturated rings. The molecule has 1 N–H and O–H groups in total. The minimum atomic E-state index is -0.142. The first-order chi connectivity index (χ1) is 20.3. The smallest absolute Gasteiger partial charge is 0.255 e. The Labute approximate surface area is 258 Å². The highest BCUT2D eigenvalue weighted by Crippen LogP contribution is 2.17. The van der Waals surface area contributed by atoms with Crippen LogP contribution < -0.4 is 5.32 Å². The molecule has 1 unspecified atom stereocenters. The number of benzene rings is 1. The molecule has 232 valence electrons. The molecule has 0 saturated heterocycles. The molecule has 1 aromatic carbocycles. The van der Waals surface area contributed by atoms with Gasteiger partial charge in [-0.25, -0.2) is 0 Å². The second-order valence-electron chi connectivity index (χ2n) is 11.2. The predicted molar refractivity (Wildman–Crippen MR) is 181 cm³/mol. The summed E-state index contributed by atoms with van der Waals surface area (Å²) in [5.41, 5.74) is 5.25. The Morgan fingerprint density at radius 3 is 2.31 bits per heavy atom. The number of nitrogens with one attached hydrogen (secondary N) is 1. The molecule has 0 radical (unpaired) electrons. The maximum absolute atomic E-state index is 13.3. The van der Waals surface area contributed by atoms with E-state index in [-0.39, 0.29) is 5.91 Å². The van der Waals surface area contributed by atoms with Crippen LogP contribution in [-0.2, 0) is 11.2 Å². The van der Waals surface area contributed by atoms with Gasteiger partial charge in [0, 0.05) is 43.3 Å². The maximum Gasteiger partial charge on any atom is 0.255 e. The number of amides is 1. The Morgan fingerprint density at radius 2 is 1.71 bits per heavy atom. The number of ether oxygens (including phenoxy) is 1. The van der Waals surface area contributed by atoms with Crippen LogP contribution in [0.2, 0.25) is 0 Å². The summed E-state index contributed by atoms with van der Waals surface area (Å²) in [6, 6.07) is 7.94. The normalized spacial score (nSPS) is 13.3. The van der Waals surface area contributed by atoms with Crippen LogP contribution in [-0.4, -0.2) is 37.1 Å². The van der Waals surface area contributed by atoms with Crippen LogP contribution in [0.25, 0.3) is 0 Å². The third-order valence-corrected chi connectivity index (χ3v) is 7.73. The van der Waals surface area contributed by atoms with Crippen molar-refractivity contribution in [3.63, 3.8) is 0 Å². The molecule has 0 heterocycles. The highest BCUT2D eigenvalue weighted by molar-refractivity contribution is 5.95. The van der Waals surface area contributed by atoms with E-state index in [1.54, 1.807) is 0 Å². The maximum atomic E-state index is 13.3. The summed E-state index contributed by atoms with van der Waals surface area (Å²) in [5.74, 6) is 3.19. The monoisotopic (exact) mass is 574 g/mol. The minimum absolute atomic E-state index is 0.142. The van der Waals surface area contributed by atoms with E-state index in [0.717, 1.165) is 56.0 Å². The van der Waals surface area contributed by atoms with E-state index in [9.17, 15) is 4.79 Å². The average molecular weight is 575 g/mol. The number of hydrogen-bond acceptors (Lipinski definition) is 3. The number of unbranched alkanes of at least 4 members (excludes halogenated alkanes) is 4. The van der Waals surface area contributed by atoms with E-state index in [1.165, 1.54) is 56.9 Å². The number of carbonyl (C=O) groups is 1. The molecule has 0 saturated carbocycles. The number of rotatable bonds is 22. The predicted octanol–water partition coefficient (Wildman–Crippen LogP) is 9.41. The van der Waals surface area contributed by atoms with Crippen molar-refractivity contribution in [3.05, 3.63) is 82.7 Å². The average Bonchev–Trinajstić information content (AvgIpc) is 3.00. The third-order valence-electron chi connectivity index (χ3n) is 7.73. The van der Waals surface area contributed by atoms with Crippen LogP contribution in [0, 0.1) is 18.3 Å². The Hall–Kier alpha value is -3.03. The topological polar surface area (TPSA) is 41.6 Å². The molecule has 0 aliphatic heterocycles. The van der Waals surface area contributed by atoms with Crippen molar-refractivity contribution in [1.82, 2.24) is 10.2 Å². The first kappa shape index (κ1) is 37.0. The molecular weight excluding hydrogens is 516 g/mol. The lowest BCUT2D eigenvalue weighted by atomic mass is 10.00. The highest BCUT2D eigenvalue weighted by atomic mass is 16.5. The standard InChI is InChI=1S/C38H58N2O2/c1-9-15-17-20-33(12-4)30-42-27-19-26-40(14-6)36(13-5)29-37(32(8)28-31(7)11-3)39-38(41)35-24-22-34(23-25-35)21-18-16-10-2/h3,13,22-25,28-29,33H,5,9-10,12,14-21,26-27,30H2,1-2,4,6-8H3,(H,39,41)/b31-28-,36-29+,37-32-. The fourth-order valence-corrected chi connectivity index (χ4v) is 4.88. The van der Waals surface area contributed by atoms with Gasteiger partial charge in [0.25, 0.3) is 5.91 Å². The van der Waals surface area contributed by atoms with Crippen LogP contribution in [0.5, 0.6) is 0 Å². The zero-order chi connectivity index (χ0) is 31.2. The van der Waals surface area contributed by atoms with Gasteiger partial charge < -0.3 is 15.0 Å². The molecule has 1 amide bonds. The highest BCUT2D eigenvalue weighted by Gasteiger charge is 2.12. The summed E-state index contributed by atoms with van der Waals surface area (Å²) >= 11 is 0. The van der Waals surface area contributed by atoms with Crippen molar-refractivity contribution in [3.8, 4) is 12.3 Å². The third kappa shape index (κ3) is 14.7. The van der Waals surface area contributed by atoms with Gasteiger partial charge in [0.05, 0.1) is 0 Å². The number of allylic oxidation sites excluding steroid dienone is 5. The zero-order valence-electron chi connectivity index (χ0n) is 27.6. The quantitative estimate of drug-likeness (QED) is 0.0852. The summed E-state index contributed by atoms with van der Waals surface area (Å²) in [5, 5.41) is 3.15. The van der Waals surface area contributed by atoms with Crippen molar-refractivity contribution in [2.24, 2.45) is 5.92 Å². The fraction of sp³-hybridized carbons (Fsp3) is 0.553. The van der Waals surface area contributed by atoms with E-state index in [2.05, 4.69) is 62.5 Å². The van der Waals surface area contributed by atoms with Gasteiger partial charge in [0.2, 0.25) is 0 Å². The van der Waals surface area contributed by atoms with E-state index in [1.807, 2.05) is 44.2 Å². The van der Waals surface area contributed by atoms with Crippen molar-refractivity contribution in [1.29, 1.82) is 0 Å². The van der Waals surface area contributed by atoms with Gasteiger partial charge in [-0.1, -0.05) is 83.9 Å². The molecule has 0 aliphatic carbocycles. The van der Waals surface area contributed by atoms with Gasteiger partial charge in [-0.2, -0.15) is 0 Å². The van der Waals surface area contributed by atoms with Crippen LogP contribution in [0.4, 0.5) is 0 Å². The second kappa shape index (κ2) is 22.6. The summed E-state index contributed by atoms with van der Waals surface area (Å²) < 4.78 is 6.07. The molecule has 42 heavy (non-hydrogen) atoms. The molecule has 4 heteroatoms. The summed E-state index contributed by atoms with van der Waals surface area (Å²) in [4.78, 5) is 15.6. The van der Waals surface area contributed by atoms with E-state index in [0.29, 0.717) is 17.2 Å². The van der Waals surface area contributed by atoms with Gasteiger partial charge in [0.1, 0.15) is 0 Å². The molecule has 0 bridgehead atoms. The Kier molecular flexibility index (Phi) is 19.9. The summed E-state index contributed by atoms with van der Waals surface area (Å²) in [6.45, 7) is 20.1. The van der Waals surface area contributed by atoms with Gasteiger partial charge in [0.15, 0.2) is 0 Å². The Balaban J connectivity index is 2.99. The first-order valence-electron chi connectivity index (χ1n) is 16.3. The van der Waals surface area contributed by atoms with Gasteiger partial charge in [-0.05, 0) is 99.4 Å². The van der Waals surface area contributed by atoms with Gasteiger partial charge in [-0.15, -0.1) is 6.42 Å². The van der Waals surface area contributed by atoms with Crippen molar-refractivity contribution in [2.45, 2.75) is 106 Å². The summed E-state index contributed by atoms with van der Waals surface area (Å²) in [7, 11) is 0. The van der Waals surface area contributed by atoms with E-state index < -0.39 is 0 Å². The molecule has 1 rings (SSSR count). The SMILES string of the molecule is C#C\C(C)=C/C(C)=C(/C=C(\C=C)N(CC)CCCOCC(CC)CCCCC)NC(=O)c1ccc(CCCCC)cc1. The van der Waals surface area contributed by atoms with Crippen LogP contribution >= 0.6 is 0 Å². The lowest BCUT2D eigenvalue weighted by Gasteiger charge is -2.25. The molecule has 0 aromatic heterocycles. The lowest BCUT2D eigenvalue weighted by molar-refractivity contribution is 0.0878. The minimum Gasteiger partial charge on any atom is -0.381 e. The number of aryl methyl sites for hydroxylation is 1. The molecular formula is C38H58N2O2. The van der Waals surface area contributed by atoms with Crippen LogP contribution in [0.15, 0.2) is 71.6 Å². The molecule has 1 atom stereocenters. The van der Waals surface area contributed by atoms with E-state index >= 15 is 0 Å². The summed E-state index contributed by atoms with van der Waals surface area (Å²) in [6.07, 6.45) is 23.3. The first-order valence-corrected chi connectivity index (χ1v) is 16.3. The largest absolute Gasteiger partial charge is 0.381 e.